The summed E-state index contributed by atoms with van der Waals surface area (Å²) in [7, 11) is 2.34. The van der Waals surface area contributed by atoms with Crippen molar-refractivity contribution in [1.29, 1.82) is 0 Å². The fourth-order valence-corrected chi connectivity index (χ4v) is 12.4. The van der Waals surface area contributed by atoms with Crippen molar-refractivity contribution in [1.82, 2.24) is 9.88 Å². The second-order valence-corrected chi connectivity index (χ2v) is 19.2. The SMILES string of the molecule is CC1C=C(C2N=C(c3cccc4c3-c3ccccc3[B]4)C3CC3=C(c3ccc4ccccc4c3)N2)C=CC1n1c2c3ccccc3ccc2c2ccc3c4ccccc4c4ccccc4c3c21. The maximum atomic E-state index is 5.87. The van der Waals surface area contributed by atoms with Gasteiger partial charge in [0.2, 0.25) is 0 Å². The van der Waals surface area contributed by atoms with Crippen LogP contribution in [0.5, 0.6) is 0 Å². The number of nitrogens with zero attached hydrogens (tertiary/aromatic N) is 2. The van der Waals surface area contributed by atoms with Gasteiger partial charge in [-0.15, -0.1) is 0 Å². The molecule has 67 heavy (non-hydrogen) atoms. The molecule has 0 bridgehead atoms. The fourth-order valence-electron chi connectivity index (χ4n) is 12.4. The molecular weight excluding hydrogens is 810 g/mol. The van der Waals surface area contributed by atoms with Gasteiger partial charge in [0.05, 0.1) is 22.8 Å². The van der Waals surface area contributed by atoms with Crippen molar-refractivity contribution < 1.29 is 0 Å². The van der Waals surface area contributed by atoms with Crippen LogP contribution in [0, 0.1) is 11.8 Å². The molecular formula is C63H43BN3. The third-order valence-electron chi connectivity index (χ3n) is 15.5. The molecule has 1 N–H and O–H groups in total. The zero-order chi connectivity index (χ0) is 43.9. The summed E-state index contributed by atoms with van der Waals surface area (Å²) in [5.74, 6) is 0.402. The van der Waals surface area contributed by atoms with Crippen LogP contribution in [0.15, 0.2) is 216 Å². The number of fused-ring (bicyclic) bond motifs is 17. The Labute approximate surface area is 389 Å². The lowest BCUT2D eigenvalue weighted by Gasteiger charge is -2.30. The molecule has 1 aromatic heterocycles. The minimum absolute atomic E-state index is 0.0516. The lowest BCUT2D eigenvalue weighted by atomic mass is 9.68. The molecule has 11 aromatic rings. The minimum atomic E-state index is -0.275. The van der Waals surface area contributed by atoms with Crippen molar-refractivity contribution in [2.24, 2.45) is 16.8 Å². The van der Waals surface area contributed by atoms with Gasteiger partial charge >= 0.3 is 0 Å². The molecule has 0 amide bonds. The molecule has 4 heteroatoms. The minimum Gasteiger partial charge on any atom is -0.360 e. The van der Waals surface area contributed by atoms with Crippen molar-refractivity contribution in [3.63, 3.8) is 0 Å². The van der Waals surface area contributed by atoms with Gasteiger partial charge in [-0.25, -0.2) is 0 Å². The first-order chi connectivity index (χ1) is 33.1. The molecule has 1 fully saturated rings. The summed E-state index contributed by atoms with van der Waals surface area (Å²) in [5.41, 5.74) is 15.3. The van der Waals surface area contributed by atoms with E-state index in [1.165, 1.54) is 131 Å². The van der Waals surface area contributed by atoms with Gasteiger partial charge < -0.3 is 9.88 Å². The van der Waals surface area contributed by atoms with Gasteiger partial charge in [-0.1, -0.05) is 212 Å². The molecule has 4 aliphatic rings. The highest BCUT2D eigenvalue weighted by molar-refractivity contribution is 6.73. The largest absolute Gasteiger partial charge is 0.360 e. The Morgan fingerprint density at radius 2 is 1.18 bits per heavy atom. The standard InChI is InChI=1S/C63H43BN3/c1-36-33-41(63-65-59(40-26-25-37-13-2-3-15-39(37)34-40)52-35-53(52)60(66-63)51-22-12-24-55-57(51)50-21-10-11-23-54(50)64-55)28-32-56(36)67-61-42-16-5-4-14-38(42)27-29-48(61)49-31-30-47-45-19-7-6-17-43(45)44-18-8-9-20-46(44)58(47)62(49)67/h2-34,36,53,56,63,65H,35H2,1H3. The molecule has 4 atom stereocenters. The van der Waals surface area contributed by atoms with Crippen molar-refractivity contribution >= 4 is 105 Å². The van der Waals surface area contributed by atoms with E-state index in [9.17, 15) is 0 Å². The molecule has 4 unspecified atom stereocenters. The highest BCUT2D eigenvalue weighted by Crippen LogP contribution is 2.50. The third kappa shape index (κ3) is 5.44. The lowest BCUT2D eigenvalue weighted by molar-refractivity contribution is 0.502. The van der Waals surface area contributed by atoms with Gasteiger partial charge in [0.25, 0.3) is 0 Å². The van der Waals surface area contributed by atoms with Gasteiger partial charge in [-0.3, -0.25) is 4.99 Å². The monoisotopic (exact) mass is 852 g/mol. The van der Waals surface area contributed by atoms with Gasteiger partial charge in [0, 0.05) is 38.7 Å². The average molecular weight is 853 g/mol. The number of hydrogen-bond acceptors (Lipinski definition) is 2. The zero-order valence-electron chi connectivity index (χ0n) is 37.0. The number of allylic oxidation sites excluding steroid dienone is 3. The first-order valence-electron chi connectivity index (χ1n) is 23.9. The first kappa shape index (κ1) is 37.3. The number of aliphatic imine (C=N–C) groups is 1. The molecule has 313 valence electrons. The maximum absolute atomic E-state index is 5.87. The summed E-state index contributed by atoms with van der Waals surface area (Å²) in [5, 5.41) is 19.5. The molecule has 1 saturated carbocycles. The number of rotatable bonds is 4. The predicted octanol–water partition coefficient (Wildman–Crippen LogP) is 13.7. The molecule has 1 radical (unpaired) electrons. The Hall–Kier alpha value is -7.95. The topological polar surface area (TPSA) is 29.3 Å². The van der Waals surface area contributed by atoms with Crippen LogP contribution in [-0.2, 0) is 0 Å². The number of nitrogens with one attached hydrogen (secondary N) is 1. The van der Waals surface area contributed by atoms with Crippen molar-refractivity contribution in [2.45, 2.75) is 25.6 Å². The van der Waals surface area contributed by atoms with Crippen LogP contribution in [0.25, 0.3) is 92.5 Å². The normalized spacial score (nSPS) is 19.7. The van der Waals surface area contributed by atoms with Crippen LogP contribution in [0.3, 0.4) is 0 Å². The second-order valence-electron chi connectivity index (χ2n) is 19.2. The Morgan fingerprint density at radius 1 is 0.552 bits per heavy atom. The summed E-state index contributed by atoms with van der Waals surface area (Å²) in [6.07, 6.45) is 8.12. The Balaban J connectivity index is 0.931. The fraction of sp³-hybridized carbons (Fsp3) is 0.0952. The van der Waals surface area contributed by atoms with Crippen LogP contribution < -0.4 is 16.2 Å². The van der Waals surface area contributed by atoms with E-state index < -0.39 is 0 Å². The smallest absolute Gasteiger partial charge is 0.193 e. The van der Waals surface area contributed by atoms with Crippen LogP contribution in [0.4, 0.5) is 0 Å². The van der Waals surface area contributed by atoms with Crippen LogP contribution in [0.1, 0.15) is 30.5 Å². The van der Waals surface area contributed by atoms with Crippen molar-refractivity contribution in [2.75, 3.05) is 0 Å². The van der Waals surface area contributed by atoms with Crippen molar-refractivity contribution in [3.8, 4) is 11.1 Å². The molecule has 3 nitrogen and oxygen atoms in total. The van der Waals surface area contributed by atoms with E-state index >= 15 is 0 Å². The number of hydrogen-bond donors (Lipinski definition) is 1. The Morgan fingerprint density at radius 3 is 2.01 bits per heavy atom. The van der Waals surface area contributed by atoms with E-state index in [1.807, 2.05) is 0 Å². The zero-order valence-corrected chi connectivity index (χ0v) is 37.0. The molecule has 0 spiro atoms. The van der Waals surface area contributed by atoms with E-state index in [4.69, 9.17) is 4.99 Å². The van der Waals surface area contributed by atoms with Gasteiger partial charge in [-0.05, 0) is 89.3 Å². The molecule has 10 aromatic carbocycles. The highest BCUT2D eigenvalue weighted by Gasteiger charge is 2.43. The second kappa shape index (κ2) is 14.0. The molecule has 15 rings (SSSR count). The summed E-state index contributed by atoms with van der Waals surface area (Å²) in [6.45, 7) is 2.41. The summed E-state index contributed by atoms with van der Waals surface area (Å²) in [4.78, 5) is 5.87. The lowest BCUT2D eigenvalue weighted by Crippen LogP contribution is -2.30. The Kier molecular flexibility index (Phi) is 7.81. The number of benzene rings is 10. The summed E-state index contributed by atoms with van der Waals surface area (Å²) in [6, 6.07) is 67.6. The average Bonchev–Trinajstić information content (AvgIpc) is 3.99. The predicted molar refractivity (Wildman–Crippen MR) is 284 cm³/mol. The van der Waals surface area contributed by atoms with Crippen LogP contribution in [-0.4, -0.2) is 23.7 Å². The van der Waals surface area contributed by atoms with E-state index in [1.54, 1.807) is 0 Å². The van der Waals surface area contributed by atoms with E-state index in [0.29, 0.717) is 0 Å². The summed E-state index contributed by atoms with van der Waals surface area (Å²) < 4.78 is 2.71. The van der Waals surface area contributed by atoms with Crippen LogP contribution in [0.2, 0.25) is 0 Å². The molecule has 2 aliphatic carbocycles. The quantitative estimate of drug-likeness (QED) is 0.139. The summed E-state index contributed by atoms with van der Waals surface area (Å²) >= 11 is 0. The van der Waals surface area contributed by atoms with E-state index in [-0.39, 0.29) is 24.0 Å². The molecule has 0 saturated heterocycles. The number of aromatic nitrogens is 1. The van der Waals surface area contributed by atoms with Gasteiger partial charge in [-0.2, -0.15) is 0 Å². The van der Waals surface area contributed by atoms with Gasteiger partial charge in [0.1, 0.15) is 6.17 Å². The molecule has 3 heterocycles. The van der Waals surface area contributed by atoms with Gasteiger partial charge in [0.15, 0.2) is 7.28 Å². The molecule has 2 aliphatic heterocycles. The van der Waals surface area contributed by atoms with Crippen LogP contribution >= 0.6 is 0 Å². The van der Waals surface area contributed by atoms with Crippen molar-refractivity contribution in [3.05, 3.63) is 222 Å². The van der Waals surface area contributed by atoms with E-state index in [2.05, 4.69) is 224 Å². The Bertz CT molecular complexity index is 4090. The van der Waals surface area contributed by atoms with E-state index in [0.717, 1.165) is 6.42 Å². The highest BCUT2D eigenvalue weighted by atomic mass is 15.1. The third-order valence-corrected chi connectivity index (χ3v) is 15.5. The maximum Gasteiger partial charge on any atom is 0.193 e. The first-order valence-corrected chi connectivity index (χ1v) is 23.9.